The fourth-order valence-electron chi connectivity index (χ4n) is 3.84. The molecule has 3 heterocycles. The first-order valence-electron chi connectivity index (χ1n) is 8.52. The number of nitrogens with one attached hydrogen (secondary N) is 1. The van der Waals surface area contributed by atoms with Crippen LogP contribution in [-0.2, 0) is 5.41 Å². The normalized spacial score (nSPS) is 30.4. The van der Waals surface area contributed by atoms with Crippen LogP contribution in [0.2, 0.25) is 0 Å². The van der Waals surface area contributed by atoms with Crippen LogP contribution in [0.4, 0.5) is 0 Å². The molecular formula is C19H30N2. The summed E-state index contributed by atoms with van der Waals surface area (Å²) in [6.45, 7) is 13.0. The van der Waals surface area contributed by atoms with Crippen LogP contribution in [0, 0.1) is 5.92 Å². The molecule has 2 heteroatoms. The molecular weight excluding hydrogens is 256 g/mol. The third kappa shape index (κ3) is 3.32. The molecule has 116 valence electrons. The molecule has 2 atom stereocenters. The van der Waals surface area contributed by atoms with Gasteiger partial charge in [0.25, 0.3) is 0 Å². The molecule has 4 rings (SSSR count). The van der Waals surface area contributed by atoms with Crippen LogP contribution in [0.1, 0.15) is 57.7 Å². The van der Waals surface area contributed by atoms with Gasteiger partial charge in [-0.25, -0.2) is 0 Å². The number of benzene rings is 1. The van der Waals surface area contributed by atoms with E-state index in [0.717, 1.165) is 5.92 Å². The van der Waals surface area contributed by atoms with Gasteiger partial charge in [-0.15, -0.1) is 0 Å². The van der Waals surface area contributed by atoms with Gasteiger partial charge in [0.1, 0.15) is 0 Å². The van der Waals surface area contributed by atoms with Crippen LogP contribution >= 0.6 is 0 Å². The van der Waals surface area contributed by atoms with Gasteiger partial charge < -0.3 is 10.2 Å². The highest BCUT2D eigenvalue weighted by Crippen LogP contribution is 2.30. The van der Waals surface area contributed by atoms with Crippen LogP contribution in [0.3, 0.4) is 0 Å². The minimum atomic E-state index is 0.241. The van der Waals surface area contributed by atoms with Crippen molar-refractivity contribution in [3.05, 3.63) is 35.4 Å². The Bertz CT molecular complexity index is 463. The Kier molecular flexibility index (Phi) is 4.11. The zero-order valence-corrected chi connectivity index (χ0v) is 14.0. The summed E-state index contributed by atoms with van der Waals surface area (Å²) in [6, 6.07) is 10.3. The second kappa shape index (κ2) is 5.73. The average molecular weight is 286 g/mol. The van der Waals surface area contributed by atoms with E-state index in [2.05, 4.69) is 62.2 Å². The van der Waals surface area contributed by atoms with E-state index in [-0.39, 0.29) is 5.41 Å². The smallest absolute Gasteiger partial charge is 0.0295 e. The number of piperidine rings is 3. The lowest BCUT2D eigenvalue weighted by molar-refractivity contribution is 0.0680. The van der Waals surface area contributed by atoms with Crippen molar-refractivity contribution in [3.8, 4) is 0 Å². The van der Waals surface area contributed by atoms with Crippen LogP contribution in [-0.4, -0.2) is 30.6 Å². The Morgan fingerprint density at radius 1 is 1.10 bits per heavy atom. The predicted molar refractivity (Wildman–Crippen MR) is 89.6 cm³/mol. The molecule has 3 aliphatic heterocycles. The highest BCUT2D eigenvalue weighted by atomic mass is 15.2. The lowest BCUT2D eigenvalue weighted by Gasteiger charge is -2.46. The minimum absolute atomic E-state index is 0.241. The predicted octanol–water partition coefficient (Wildman–Crippen LogP) is 3.73. The van der Waals surface area contributed by atoms with Crippen molar-refractivity contribution >= 4 is 0 Å². The van der Waals surface area contributed by atoms with Crippen molar-refractivity contribution < 1.29 is 0 Å². The summed E-state index contributed by atoms with van der Waals surface area (Å²) in [5.74, 6) is 0.895. The Labute approximate surface area is 129 Å². The van der Waals surface area contributed by atoms with Crippen molar-refractivity contribution in [1.82, 2.24) is 10.2 Å². The maximum atomic E-state index is 3.88. The molecule has 1 N–H and O–H groups in total. The average Bonchev–Trinajstić information content (AvgIpc) is 2.48. The van der Waals surface area contributed by atoms with E-state index in [0.29, 0.717) is 12.1 Å². The van der Waals surface area contributed by atoms with Gasteiger partial charge in [0.05, 0.1) is 0 Å². The standard InChI is InChI=1S/C19H30N2/c1-14(15-5-7-17(8-6-15)19(2,3)4)20-18-13-21-11-9-16(18)10-12-21/h5-8,14,16,18,20H,9-13H2,1-4H3. The zero-order chi connectivity index (χ0) is 15.0. The first-order chi connectivity index (χ1) is 9.93. The zero-order valence-electron chi connectivity index (χ0n) is 14.0. The van der Waals surface area contributed by atoms with Crippen LogP contribution in [0.25, 0.3) is 0 Å². The first-order valence-corrected chi connectivity index (χ1v) is 8.52. The maximum absolute atomic E-state index is 3.88. The summed E-state index contributed by atoms with van der Waals surface area (Å²) in [6.07, 6.45) is 2.76. The van der Waals surface area contributed by atoms with Crippen molar-refractivity contribution in [1.29, 1.82) is 0 Å². The van der Waals surface area contributed by atoms with Crippen LogP contribution in [0.15, 0.2) is 24.3 Å². The fourth-order valence-corrected chi connectivity index (χ4v) is 3.84. The lowest BCUT2D eigenvalue weighted by atomic mass is 9.83. The summed E-state index contributed by atoms with van der Waals surface area (Å²) < 4.78 is 0. The lowest BCUT2D eigenvalue weighted by Crippen LogP contribution is -2.56. The van der Waals surface area contributed by atoms with E-state index in [1.54, 1.807) is 0 Å². The monoisotopic (exact) mass is 286 g/mol. The number of hydrogen-bond donors (Lipinski definition) is 1. The summed E-state index contributed by atoms with van der Waals surface area (Å²) in [5.41, 5.74) is 3.08. The Balaban J connectivity index is 1.64. The van der Waals surface area contributed by atoms with Crippen molar-refractivity contribution in [3.63, 3.8) is 0 Å². The van der Waals surface area contributed by atoms with Crippen molar-refractivity contribution in [2.24, 2.45) is 5.92 Å². The van der Waals surface area contributed by atoms with Gasteiger partial charge in [-0.1, -0.05) is 45.0 Å². The molecule has 3 saturated heterocycles. The van der Waals surface area contributed by atoms with Gasteiger partial charge in [-0.05, 0) is 55.3 Å². The molecule has 0 saturated carbocycles. The van der Waals surface area contributed by atoms with Crippen molar-refractivity contribution in [2.75, 3.05) is 19.6 Å². The second-order valence-corrected chi connectivity index (χ2v) is 8.00. The molecule has 0 radical (unpaired) electrons. The van der Waals surface area contributed by atoms with E-state index < -0.39 is 0 Å². The van der Waals surface area contributed by atoms with Crippen LogP contribution in [0.5, 0.6) is 0 Å². The molecule has 0 aromatic heterocycles. The van der Waals surface area contributed by atoms with E-state index in [1.165, 1.54) is 43.6 Å². The molecule has 0 aliphatic carbocycles. The topological polar surface area (TPSA) is 15.3 Å². The van der Waals surface area contributed by atoms with E-state index >= 15 is 0 Å². The van der Waals surface area contributed by atoms with E-state index in [4.69, 9.17) is 0 Å². The van der Waals surface area contributed by atoms with Crippen LogP contribution < -0.4 is 5.32 Å². The van der Waals surface area contributed by atoms with Crippen molar-refractivity contribution in [2.45, 2.75) is 58.0 Å². The quantitative estimate of drug-likeness (QED) is 0.911. The summed E-state index contributed by atoms with van der Waals surface area (Å²) in [7, 11) is 0. The summed E-state index contributed by atoms with van der Waals surface area (Å²) in [5, 5.41) is 3.88. The number of hydrogen-bond acceptors (Lipinski definition) is 2. The largest absolute Gasteiger partial charge is 0.306 e. The number of fused-ring (bicyclic) bond motifs is 3. The molecule has 0 amide bonds. The number of rotatable bonds is 3. The fraction of sp³-hybridized carbons (Fsp3) is 0.684. The Hall–Kier alpha value is -0.860. The highest BCUT2D eigenvalue weighted by Gasteiger charge is 2.34. The third-order valence-corrected chi connectivity index (χ3v) is 5.40. The maximum Gasteiger partial charge on any atom is 0.0295 e. The molecule has 1 aromatic rings. The summed E-state index contributed by atoms with van der Waals surface area (Å²) in [4.78, 5) is 2.62. The first kappa shape index (κ1) is 15.1. The van der Waals surface area contributed by atoms with Gasteiger partial charge in [-0.3, -0.25) is 0 Å². The van der Waals surface area contributed by atoms with Gasteiger partial charge in [0.15, 0.2) is 0 Å². The van der Waals surface area contributed by atoms with Gasteiger partial charge in [0, 0.05) is 18.6 Å². The molecule has 0 spiro atoms. The summed E-state index contributed by atoms with van der Waals surface area (Å²) >= 11 is 0. The molecule has 1 aromatic carbocycles. The SMILES string of the molecule is CC(NC1CN2CCC1CC2)c1ccc(C(C)(C)C)cc1. The molecule has 21 heavy (non-hydrogen) atoms. The van der Waals surface area contributed by atoms with Gasteiger partial charge in [0.2, 0.25) is 0 Å². The Morgan fingerprint density at radius 3 is 2.19 bits per heavy atom. The van der Waals surface area contributed by atoms with Gasteiger partial charge >= 0.3 is 0 Å². The third-order valence-electron chi connectivity index (χ3n) is 5.40. The molecule has 2 nitrogen and oxygen atoms in total. The Morgan fingerprint density at radius 2 is 1.71 bits per heavy atom. The molecule has 2 bridgehead atoms. The van der Waals surface area contributed by atoms with E-state index in [1.807, 2.05) is 0 Å². The molecule has 3 aliphatic rings. The minimum Gasteiger partial charge on any atom is -0.306 e. The van der Waals surface area contributed by atoms with Gasteiger partial charge in [-0.2, -0.15) is 0 Å². The second-order valence-electron chi connectivity index (χ2n) is 8.00. The van der Waals surface area contributed by atoms with E-state index in [9.17, 15) is 0 Å². The molecule has 3 fully saturated rings. The molecule has 2 unspecified atom stereocenters. The highest BCUT2D eigenvalue weighted by molar-refractivity contribution is 5.29. The number of nitrogens with zero attached hydrogens (tertiary/aromatic N) is 1.